The Labute approximate surface area is 233 Å². The lowest BCUT2D eigenvalue weighted by Gasteiger charge is -2.14. The van der Waals surface area contributed by atoms with E-state index in [9.17, 15) is 0 Å². The third-order valence-corrected chi connectivity index (χ3v) is 7.15. The number of aromatic nitrogens is 3. The second-order valence-electron chi connectivity index (χ2n) is 9.69. The van der Waals surface area contributed by atoms with E-state index in [2.05, 4.69) is 127 Å². The molecule has 0 bridgehead atoms. The first kappa shape index (κ1) is 23.7. The van der Waals surface area contributed by atoms with Gasteiger partial charge in [0.15, 0.2) is 17.5 Å². The summed E-state index contributed by atoms with van der Waals surface area (Å²) in [6.45, 7) is 0. The highest BCUT2D eigenvalue weighted by Gasteiger charge is 2.17. The maximum absolute atomic E-state index is 5.11. The third kappa shape index (κ3) is 4.55. The number of hydrogen-bond acceptors (Lipinski definition) is 3. The summed E-state index contributed by atoms with van der Waals surface area (Å²) in [6, 6.07) is 52.2. The van der Waals surface area contributed by atoms with E-state index in [-0.39, 0.29) is 0 Å². The fraction of sp³-hybridized carbons (Fsp3) is 0. The average Bonchev–Trinajstić information content (AvgIpc) is 3.05. The topological polar surface area (TPSA) is 38.7 Å². The molecule has 0 spiro atoms. The van der Waals surface area contributed by atoms with Crippen LogP contribution < -0.4 is 0 Å². The van der Waals surface area contributed by atoms with Gasteiger partial charge in [0.05, 0.1) is 0 Å². The molecule has 1 aromatic heterocycles. The van der Waals surface area contributed by atoms with Crippen molar-refractivity contribution >= 4 is 10.8 Å². The van der Waals surface area contributed by atoms with Crippen molar-refractivity contribution in [1.82, 2.24) is 15.0 Å². The van der Waals surface area contributed by atoms with Crippen molar-refractivity contribution in [3.63, 3.8) is 0 Å². The molecule has 6 aromatic carbocycles. The van der Waals surface area contributed by atoms with E-state index < -0.39 is 0 Å². The van der Waals surface area contributed by atoms with Gasteiger partial charge < -0.3 is 0 Å². The van der Waals surface area contributed by atoms with E-state index >= 15 is 0 Å². The Hall–Kier alpha value is -5.41. The van der Waals surface area contributed by atoms with Gasteiger partial charge in [-0.3, -0.25) is 0 Å². The van der Waals surface area contributed by atoms with Gasteiger partial charge in [-0.2, -0.15) is 0 Å². The van der Waals surface area contributed by atoms with Crippen molar-refractivity contribution in [3.05, 3.63) is 152 Å². The number of fused-ring (bicyclic) bond motifs is 1. The lowest BCUT2D eigenvalue weighted by Crippen LogP contribution is -2.02. The molecule has 0 aliphatic carbocycles. The zero-order valence-electron chi connectivity index (χ0n) is 21.8. The van der Waals surface area contributed by atoms with Crippen LogP contribution in [0, 0.1) is 0 Å². The van der Waals surface area contributed by atoms with Crippen LogP contribution >= 0.6 is 0 Å². The van der Waals surface area contributed by atoms with Crippen LogP contribution in [0.2, 0.25) is 0 Å². The minimum absolute atomic E-state index is 0.649. The van der Waals surface area contributed by atoms with Gasteiger partial charge in [0, 0.05) is 16.7 Å². The quantitative estimate of drug-likeness (QED) is 0.231. The Balaban J connectivity index is 1.48. The smallest absolute Gasteiger partial charge is 0.164 e. The molecular weight excluding hydrogens is 486 g/mol. The summed E-state index contributed by atoms with van der Waals surface area (Å²) in [5.41, 5.74) is 7.31. The Morgan fingerprint density at radius 3 is 1.25 bits per heavy atom. The highest BCUT2D eigenvalue weighted by atomic mass is 15.0. The van der Waals surface area contributed by atoms with Crippen LogP contribution in [-0.2, 0) is 0 Å². The Kier molecular flexibility index (Phi) is 6.15. The van der Waals surface area contributed by atoms with Gasteiger partial charge in [-0.05, 0) is 39.1 Å². The monoisotopic (exact) mass is 511 g/mol. The molecule has 3 nitrogen and oxygen atoms in total. The second-order valence-corrected chi connectivity index (χ2v) is 9.69. The predicted octanol–water partition coefficient (Wildman–Crippen LogP) is 9.36. The van der Waals surface area contributed by atoms with Gasteiger partial charge in [-0.25, -0.2) is 15.0 Å². The summed E-state index contributed by atoms with van der Waals surface area (Å²) in [5.74, 6) is 1.95. The predicted molar refractivity (Wildman–Crippen MR) is 165 cm³/mol. The molecule has 0 amide bonds. The largest absolute Gasteiger partial charge is 0.208 e. The normalized spacial score (nSPS) is 11.0. The maximum atomic E-state index is 5.11. The van der Waals surface area contributed by atoms with Gasteiger partial charge in [0.2, 0.25) is 0 Å². The van der Waals surface area contributed by atoms with E-state index in [0.29, 0.717) is 17.5 Å². The summed E-state index contributed by atoms with van der Waals surface area (Å²) in [7, 11) is 0. The average molecular weight is 512 g/mol. The SMILES string of the molecule is c1ccc(-c2ccccc2-c2nc(-c3ccc4ccccc4c3)nc(-c3ccccc3-c3ccccc3)n2)cc1. The van der Waals surface area contributed by atoms with Crippen LogP contribution in [0.25, 0.3) is 67.2 Å². The molecule has 0 saturated heterocycles. The molecule has 0 saturated carbocycles. The molecule has 0 radical (unpaired) electrons. The standard InChI is InChI=1S/C37H25N3/c1-3-14-27(15-4-1)31-19-9-11-21-33(31)36-38-35(30-24-23-26-13-7-8-18-29(26)25-30)39-37(40-36)34-22-12-10-20-32(34)28-16-5-2-6-17-28/h1-25H. The van der Waals surface area contributed by atoms with Crippen molar-refractivity contribution in [1.29, 1.82) is 0 Å². The molecule has 188 valence electrons. The van der Waals surface area contributed by atoms with Crippen LogP contribution in [0.5, 0.6) is 0 Å². The fourth-order valence-electron chi connectivity index (χ4n) is 5.17. The van der Waals surface area contributed by atoms with Crippen LogP contribution in [0.4, 0.5) is 0 Å². The van der Waals surface area contributed by atoms with Crippen molar-refractivity contribution in [2.45, 2.75) is 0 Å². The van der Waals surface area contributed by atoms with E-state index in [4.69, 9.17) is 15.0 Å². The molecule has 0 aliphatic rings. The minimum atomic E-state index is 0.649. The first-order valence-corrected chi connectivity index (χ1v) is 13.4. The fourth-order valence-corrected chi connectivity index (χ4v) is 5.17. The molecule has 1 heterocycles. The molecule has 3 heteroatoms. The van der Waals surface area contributed by atoms with E-state index in [1.807, 2.05) is 24.3 Å². The Morgan fingerprint density at radius 2 is 0.700 bits per heavy atom. The van der Waals surface area contributed by atoms with Gasteiger partial charge in [-0.1, -0.05) is 146 Å². The van der Waals surface area contributed by atoms with E-state index in [1.54, 1.807) is 0 Å². The van der Waals surface area contributed by atoms with Gasteiger partial charge in [0.25, 0.3) is 0 Å². The molecule has 0 aliphatic heterocycles. The van der Waals surface area contributed by atoms with E-state index in [0.717, 1.165) is 44.3 Å². The molecule has 7 aromatic rings. The molecule has 0 unspecified atom stereocenters. The molecule has 7 rings (SSSR count). The Morgan fingerprint density at radius 1 is 0.275 bits per heavy atom. The Bertz CT molecular complexity index is 1850. The third-order valence-electron chi connectivity index (χ3n) is 7.15. The van der Waals surface area contributed by atoms with Crippen LogP contribution in [-0.4, -0.2) is 15.0 Å². The van der Waals surface area contributed by atoms with Crippen LogP contribution in [0.15, 0.2) is 152 Å². The summed E-state index contributed by atoms with van der Waals surface area (Å²) >= 11 is 0. The maximum Gasteiger partial charge on any atom is 0.164 e. The zero-order chi connectivity index (χ0) is 26.7. The molecular formula is C37H25N3. The number of nitrogens with zero attached hydrogens (tertiary/aromatic N) is 3. The lowest BCUT2D eigenvalue weighted by atomic mass is 9.98. The highest BCUT2D eigenvalue weighted by molar-refractivity contribution is 5.88. The first-order chi connectivity index (χ1) is 19.8. The lowest BCUT2D eigenvalue weighted by molar-refractivity contribution is 1.08. The van der Waals surface area contributed by atoms with E-state index in [1.165, 1.54) is 5.39 Å². The summed E-state index contributed by atoms with van der Waals surface area (Å²) in [6.07, 6.45) is 0. The molecule has 40 heavy (non-hydrogen) atoms. The number of rotatable bonds is 5. The number of hydrogen-bond donors (Lipinski definition) is 0. The minimum Gasteiger partial charge on any atom is -0.208 e. The van der Waals surface area contributed by atoms with Gasteiger partial charge in [-0.15, -0.1) is 0 Å². The highest BCUT2D eigenvalue weighted by Crippen LogP contribution is 2.35. The second kappa shape index (κ2) is 10.4. The zero-order valence-corrected chi connectivity index (χ0v) is 21.8. The van der Waals surface area contributed by atoms with Crippen molar-refractivity contribution in [3.8, 4) is 56.4 Å². The summed E-state index contributed by atoms with van der Waals surface area (Å²) in [4.78, 5) is 15.3. The van der Waals surface area contributed by atoms with Crippen molar-refractivity contribution in [2.75, 3.05) is 0 Å². The van der Waals surface area contributed by atoms with Crippen molar-refractivity contribution < 1.29 is 0 Å². The van der Waals surface area contributed by atoms with Crippen LogP contribution in [0.1, 0.15) is 0 Å². The van der Waals surface area contributed by atoms with Crippen LogP contribution in [0.3, 0.4) is 0 Å². The summed E-state index contributed by atoms with van der Waals surface area (Å²) < 4.78 is 0. The van der Waals surface area contributed by atoms with Crippen molar-refractivity contribution in [2.24, 2.45) is 0 Å². The first-order valence-electron chi connectivity index (χ1n) is 13.4. The molecule has 0 atom stereocenters. The summed E-state index contributed by atoms with van der Waals surface area (Å²) in [5, 5.41) is 2.34. The van der Waals surface area contributed by atoms with Gasteiger partial charge >= 0.3 is 0 Å². The number of benzene rings is 6. The molecule has 0 fully saturated rings. The molecule has 0 N–H and O–H groups in total. The van der Waals surface area contributed by atoms with Gasteiger partial charge in [0.1, 0.15) is 0 Å².